The van der Waals surface area contributed by atoms with Gasteiger partial charge in [-0.15, -0.1) is 5.12 Å². The van der Waals surface area contributed by atoms with Crippen molar-refractivity contribution in [3.05, 3.63) is 68.8 Å². The summed E-state index contributed by atoms with van der Waals surface area (Å²) in [6.07, 6.45) is 1.02. The van der Waals surface area contributed by atoms with Crippen LogP contribution >= 0.6 is 27.5 Å². The number of nitrogens with zero attached hydrogens (tertiary/aromatic N) is 2. The maximum absolute atomic E-state index is 6.44. The second kappa shape index (κ2) is 7.38. The number of allylic oxidation sites excluding steroid dienone is 1. The molecule has 6 heteroatoms. The first kappa shape index (κ1) is 18.7. The lowest BCUT2D eigenvalue weighted by molar-refractivity contribution is 0.0306. The number of para-hydroxylation sites is 1. The highest BCUT2D eigenvalue weighted by molar-refractivity contribution is 9.10. The van der Waals surface area contributed by atoms with Crippen molar-refractivity contribution >= 4 is 38.9 Å². The zero-order valence-electron chi connectivity index (χ0n) is 15.8. The molecular formula is C21H24BrClN4. The van der Waals surface area contributed by atoms with Crippen LogP contribution < -0.4 is 10.7 Å². The first-order chi connectivity index (χ1) is 12.9. The molecule has 0 radical (unpaired) electrons. The molecule has 0 aromatic heterocycles. The van der Waals surface area contributed by atoms with Crippen molar-refractivity contribution in [1.29, 1.82) is 0 Å². The van der Waals surface area contributed by atoms with Gasteiger partial charge in [-0.2, -0.15) is 0 Å². The zero-order valence-corrected chi connectivity index (χ0v) is 18.1. The van der Waals surface area contributed by atoms with Crippen molar-refractivity contribution in [2.75, 3.05) is 18.9 Å². The van der Waals surface area contributed by atoms with E-state index in [4.69, 9.17) is 11.6 Å². The quantitative estimate of drug-likeness (QED) is 0.622. The summed E-state index contributed by atoms with van der Waals surface area (Å²) < 4.78 is 1.09. The van der Waals surface area contributed by atoms with E-state index in [1.807, 2.05) is 24.3 Å². The number of anilines is 1. The normalized spacial score (nSPS) is 22.6. The molecule has 142 valence electrons. The molecule has 0 spiro atoms. The van der Waals surface area contributed by atoms with Crippen LogP contribution in [-0.2, 0) is 0 Å². The summed E-state index contributed by atoms with van der Waals surface area (Å²) in [4.78, 5) is 0. The second-order valence-corrected chi connectivity index (χ2v) is 8.76. The van der Waals surface area contributed by atoms with Gasteiger partial charge in [0.05, 0.1) is 28.1 Å². The molecule has 0 saturated heterocycles. The van der Waals surface area contributed by atoms with E-state index in [1.54, 1.807) is 0 Å². The van der Waals surface area contributed by atoms with Gasteiger partial charge in [-0.25, -0.2) is 0 Å². The van der Waals surface area contributed by atoms with Crippen LogP contribution in [0.25, 0.3) is 5.70 Å². The Morgan fingerprint density at radius 1 is 1.22 bits per heavy atom. The fourth-order valence-electron chi connectivity index (χ4n) is 4.09. The molecule has 2 aliphatic rings. The Morgan fingerprint density at radius 2 is 2.00 bits per heavy atom. The molecule has 2 aromatic rings. The zero-order chi connectivity index (χ0) is 19.1. The Labute approximate surface area is 174 Å². The van der Waals surface area contributed by atoms with Gasteiger partial charge in [-0.1, -0.05) is 52.7 Å². The number of hydrogen-bond acceptors (Lipinski definition) is 4. The molecule has 2 atom stereocenters. The van der Waals surface area contributed by atoms with Crippen molar-refractivity contribution in [2.45, 2.75) is 26.3 Å². The number of benzene rings is 2. The maximum Gasteiger partial charge on any atom is 0.0816 e. The van der Waals surface area contributed by atoms with Gasteiger partial charge in [0.15, 0.2) is 0 Å². The lowest BCUT2D eigenvalue weighted by Gasteiger charge is -2.36. The summed E-state index contributed by atoms with van der Waals surface area (Å²) in [5.41, 5.74) is 9.39. The van der Waals surface area contributed by atoms with Crippen LogP contribution in [0.1, 0.15) is 37.4 Å². The predicted octanol–water partition coefficient (Wildman–Crippen LogP) is 5.65. The van der Waals surface area contributed by atoms with Crippen molar-refractivity contribution in [1.82, 2.24) is 15.6 Å². The van der Waals surface area contributed by atoms with Crippen LogP contribution in [0.5, 0.6) is 0 Å². The first-order valence-corrected chi connectivity index (χ1v) is 10.4. The highest BCUT2D eigenvalue weighted by Gasteiger charge is 2.33. The van der Waals surface area contributed by atoms with Crippen LogP contribution in [0.3, 0.4) is 0 Å². The molecule has 1 unspecified atom stereocenters. The average molecular weight is 448 g/mol. The number of fused-ring (bicyclic) bond motifs is 3. The summed E-state index contributed by atoms with van der Waals surface area (Å²) in [5.74, 6) is 0.502. The van der Waals surface area contributed by atoms with Gasteiger partial charge in [0.2, 0.25) is 0 Å². The van der Waals surface area contributed by atoms with Crippen molar-refractivity contribution < 1.29 is 0 Å². The minimum Gasteiger partial charge on any atom is -0.377 e. The van der Waals surface area contributed by atoms with Gasteiger partial charge in [-0.05, 0) is 49.1 Å². The van der Waals surface area contributed by atoms with E-state index in [1.165, 1.54) is 22.5 Å². The van der Waals surface area contributed by atoms with E-state index in [0.29, 0.717) is 5.92 Å². The third kappa shape index (κ3) is 3.56. The number of hydrogen-bond donors (Lipinski definition) is 2. The molecule has 4 rings (SSSR count). The monoisotopic (exact) mass is 446 g/mol. The highest BCUT2D eigenvalue weighted by Crippen LogP contribution is 2.41. The van der Waals surface area contributed by atoms with Gasteiger partial charge in [-0.3, -0.25) is 5.01 Å². The fourth-order valence-corrected chi connectivity index (χ4v) is 4.66. The molecule has 0 amide bonds. The van der Waals surface area contributed by atoms with E-state index < -0.39 is 0 Å². The fraction of sp³-hybridized carbons (Fsp3) is 0.333. The molecule has 0 aliphatic carbocycles. The molecule has 2 heterocycles. The van der Waals surface area contributed by atoms with E-state index in [2.05, 4.69) is 75.9 Å². The maximum atomic E-state index is 6.44. The Balaban J connectivity index is 1.83. The van der Waals surface area contributed by atoms with Crippen LogP contribution in [0.15, 0.2) is 52.6 Å². The smallest absolute Gasteiger partial charge is 0.0816 e. The number of rotatable bonds is 2. The number of hydrazine groups is 2. The minimum absolute atomic E-state index is 0.181. The summed E-state index contributed by atoms with van der Waals surface area (Å²) in [5, 5.41) is 8.90. The van der Waals surface area contributed by atoms with Crippen LogP contribution in [0, 0.1) is 5.92 Å². The van der Waals surface area contributed by atoms with Crippen LogP contribution in [0.4, 0.5) is 5.69 Å². The highest BCUT2D eigenvalue weighted by atomic mass is 79.9. The average Bonchev–Trinajstić information content (AvgIpc) is 2.88. The SMILES string of the molecule is CC1=C2c3ccc(Br)cc3C(Nc3ccccc3Cl)C[C@@H](C)CN2N(C)N1. The van der Waals surface area contributed by atoms with E-state index in [0.717, 1.165) is 28.1 Å². The molecule has 2 aromatic carbocycles. The Hall–Kier alpha value is -1.69. The molecule has 0 saturated carbocycles. The Bertz CT molecular complexity index is 898. The lowest BCUT2D eigenvalue weighted by Crippen LogP contribution is -2.43. The Morgan fingerprint density at radius 3 is 2.78 bits per heavy atom. The van der Waals surface area contributed by atoms with Gasteiger partial charge in [0.1, 0.15) is 0 Å². The molecule has 0 bridgehead atoms. The first-order valence-electron chi connectivity index (χ1n) is 9.23. The summed E-state index contributed by atoms with van der Waals surface area (Å²) in [6, 6.07) is 14.7. The molecule has 27 heavy (non-hydrogen) atoms. The second-order valence-electron chi connectivity index (χ2n) is 7.44. The third-order valence-electron chi connectivity index (χ3n) is 5.28. The summed E-state index contributed by atoms with van der Waals surface area (Å²) in [6.45, 7) is 5.41. The number of nitrogens with one attached hydrogen (secondary N) is 2. The minimum atomic E-state index is 0.181. The van der Waals surface area contributed by atoms with Gasteiger partial charge in [0.25, 0.3) is 0 Å². The summed E-state index contributed by atoms with van der Waals surface area (Å²) >= 11 is 10.1. The van der Waals surface area contributed by atoms with Crippen molar-refractivity contribution in [2.24, 2.45) is 5.92 Å². The van der Waals surface area contributed by atoms with Crippen LogP contribution in [-0.4, -0.2) is 23.7 Å². The van der Waals surface area contributed by atoms with E-state index in [9.17, 15) is 0 Å². The van der Waals surface area contributed by atoms with Gasteiger partial charge >= 0.3 is 0 Å². The molecular weight excluding hydrogens is 424 g/mol. The number of halogens is 2. The van der Waals surface area contributed by atoms with Gasteiger partial charge < -0.3 is 10.7 Å². The van der Waals surface area contributed by atoms with Gasteiger partial charge in [0, 0.05) is 23.6 Å². The summed E-state index contributed by atoms with van der Waals surface area (Å²) in [7, 11) is 2.07. The largest absolute Gasteiger partial charge is 0.377 e. The lowest BCUT2D eigenvalue weighted by atomic mass is 9.88. The topological polar surface area (TPSA) is 30.5 Å². The Kier molecular flexibility index (Phi) is 5.10. The van der Waals surface area contributed by atoms with Crippen molar-refractivity contribution in [3.63, 3.8) is 0 Å². The van der Waals surface area contributed by atoms with E-state index >= 15 is 0 Å². The third-order valence-corrected chi connectivity index (χ3v) is 6.10. The van der Waals surface area contributed by atoms with Crippen molar-refractivity contribution in [3.8, 4) is 0 Å². The standard InChI is InChI=1S/C21H24BrClN4/c1-13-10-20(24-19-7-5-4-6-18(19)23)17-11-15(22)8-9-16(17)21-14(2)25-26(3)27(21)12-13/h4-9,11,13,20,24-25H,10,12H2,1-3H3/t13-,20?/m1/s1. The van der Waals surface area contributed by atoms with E-state index in [-0.39, 0.29) is 6.04 Å². The molecule has 0 fully saturated rings. The van der Waals surface area contributed by atoms with Crippen LogP contribution in [0.2, 0.25) is 5.02 Å². The predicted molar refractivity (Wildman–Crippen MR) is 116 cm³/mol. The molecule has 4 nitrogen and oxygen atoms in total. The molecule has 2 N–H and O–H groups in total. The molecule has 2 aliphatic heterocycles.